The molecule has 0 fully saturated rings. The predicted molar refractivity (Wildman–Crippen MR) is 55.2 cm³/mol. The fraction of sp³-hybridized carbons (Fsp3) is 0.222. The van der Waals surface area contributed by atoms with Gasteiger partial charge in [-0.3, -0.25) is 0 Å². The Morgan fingerprint density at radius 3 is 1.75 bits per heavy atom. The Kier molecular flexibility index (Phi) is 3.28. The maximum absolute atomic E-state index is 5.94. The van der Waals surface area contributed by atoms with Gasteiger partial charge in [0.15, 0.2) is 0 Å². The molecule has 1 radical (unpaired) electrons. The van der Waals surface area contributed by atoms with E-state index in [1.807, 2.05) is 13.8 Å². The fourth-order valence-corrected chi connectivity index (χ4v) is 2.21. The van der Waals surface area contributed by atoms with Crippen molar-refractivity contribution in [1.29, 1.82) is 0 Å². The summed E-state index contributed by atoms with van der Waals surface area (Å²) >= 11 is 17.6. The maximum atomic E-state index is 5.94. The predicted octanol–water partition coefficient (Wildman–Crippen LogP) is 4.61. The number of halogens is 3. The van der Waals surface area contributed by atoms with E-state index >= 15 is 0 Å². The highest BCUT2D eigenvalue weighted by molar-refractivity contribution is 6.39. The van der Waals surface area contributed by atoms with E-state index in [0.29, 0.717) is 15.1 Å². The van der Waals surface area contributed by atoms with Gasteiger partial charge in [-0.1, -0.05) is 48.7 Å². The second-order valence-corrected chi connectivity index (χ2v) is 4.00. The molecule has 0 aromatic heterocycles. The maximum Gasteiger partial charge on any atom is 0.0473 e. The Hall–Kier alpha value is 0.0900. The van der Waals surface area contributed by atoms with E-state index < -0.39 is 0 Å². The van der Waals surface area contributed by atoms with Crippen LogP contribution in [0.5, 0.6) is 0 Å². The Morgan fingerprint density at radius 2 is 1.42 bits per heavy atom. The third kappa shape index (κ3) is 2.07. The Labute approximate surface area is 87.4 Å². The zero-order valence-corrected chi connectivity index (χ0v) is 9.06. The van der Waals surface area contributed by atoms with Crippen molar-refractivity contribution in [2.75, 3.05) is 0 Å². The first kappa shape index (κ1) is 10.2. The zero-order chi connectivity index (χ0) is 9.30. The normalized spacial score (nSPS) is 10.8. The van der Waals surface area contributed by atoms with E-state index in [-0.39, 0.29) is 0 Å². The van der Waals surface area contributed by atoms with E-state index in [0.717, 1.165) is 11.5 Å². The molecule has 0 spiro atoms. The van der Waals surface area contributed by atoms with Crippen LogP contribution in [-0.4, -0.2) is 0 Å². The summed E-state index contributed by atoms with van der Waals surface area (Å²) in [7, 11) is 0. The zero-order valence-electron chi connectivity index (χ0n) is 6.79. The molecule has 0 saturated carbocycles. The topological polar surface area (TPSA) is 0 Å². The van der Waals surface area contributed by atoms with Crippen LogP contribution in [0.3, 0.4) is 0 Å². The van der Waals surface area contributed by atoms with Gasteiger partial charge in [0.05, 0.1) is 0 Å². The molecular formula is C9H8Cl3. The van der Waals surface area contributed by atoms with Gasteiger partial charge < -0.3 is 0 Å². The molecule has 0 atom stereocenters. The Morgan fingerprint density at radius 1 is 1.00 bits per heavy atom. The average Bonchev–Trinajstić information content (AvgIpc) is 1.82. The largest absolute Gasteiger partial charge is 0.0842 e. The monoisotopic (exact) mass is 221 g/mol. The standard InChI is InChI=1S/C9H8Cl3/c1-5(2)9-7(11)3-6(10)4-8(9)12/h3-4H,1-2H3. The van der Waals surface area contributed by atoms with Gasteiger partial charge in [-0.05, 0) is 17.7 Å². The minimum Gasteiger partial charge on any atom is -0.0842 e. The lowest BCUT2D eigenvalue weighted by molar-refractivity contribution is 1.15. The molecule has 0 aliphatic rings. The van der Waals surface area contributed by atoms with Crippen LogP contribution < -0.4 is 0 Å². The summed E-state index contributed by atoms with van der Waals surface area (Å²) in [6.45, 7) is 3.92. The van der Waals surface area contributed by atoms with Crippen molar-refractivity contribution in [2.24, 2.45) is 0 Å². The van der Waals surface area contributed by atoms with Crippen LogP contribution in [0.25, 0.3) is 0 Å². The van der Waals surface area contributed by atoms with Crippen LogP contribution in [0.1, 0.15) is 19.4 Å². The molecule has 0 aliphatic heterocycles. The minimum absolute atomic E-state index is 0.565. The van der Waals surface area contributed by atoms with Gasteiger partial charge >= 0.3 is 0 Å². The van der Waals surface area contributed by atoms with Crippen molar-refractivity contribution in [3.05, 3.63) is 38.7 Å². The highest BCUT2D eigenvalue weighted by Gasteiger charge is 2.10. The number of rotatable bonds is 1. The van der Waals surface area contributed by atoms with Crippen LogP contribution in [0.2, 0.25) is 15.1 Å². The molecule has 3 heteroatoms. The molecule has 0 unspecified atom stereocenters. The number of hydrogen-bond acceptors (Lipinski definition) is 0. The highest BCUT2D eigenvalue weighted by atomic mass is 35.5. The molecule has 0 bridgehead atoms. The third-order valence-electron chi connectivity index (χ3n) is 1.51. The molecule has 0 aliphatic carbocycles. The van der Waals surface area contributed by atoms with Crippen LogP contribution in [0.15, 0.2) is 12.1 Å². The molecular weight excluding hydrogens is 214 g/mol. The Balaban J connectivity index is 3.28. The van der Waals surface area contributed by atoms with Crippen molar-refractivity contribution in [2.45, 2.75) is 13.8 Å². The van der Waals surface area contributed by atoms with Crippen molar-refractivity contribution in [3.63, 3.8) is 0 Å². The summed E-state index contributed by atoms with van der Waals surface area (Å²) in [5.74, 6) is 1.08. The lowest BCUT2D eigenvalue weighted by atomic mass is 10.0. The first-order valence-corrected chi connectivity index (χ1v) is 4.61. The van der Waals surface area contributed by atoms with Crippen molar-refractivity contribution in [3.8, 4) is 0 Å². The second kappa shape index (κ2) is 3.87. The first-order valence-electron chi connectivity index (χ1n) is 3.47. The SMILES string of the molecule is C[C](C)c1c(Cl)cc(Cl)cc1Cl. The summed E-state index contributed by atoms with van der Waals surface area (Å²) in [4.78, 5) is 0. The van der Waals surface area contributed by atoms with E-state index in [2.05, 4.69) is 0 Å². The summed E-state index contributed by atoms with van der Waals surface area (Å²) in [6.07, 6.45) is 0. The van der Waals surface area contributed by atoms with Crippen molar-refractivity contribution >= 4 is 34.8 Å². The molecule has 0 saturated heterocycles. The molecule has 0 heterocycles. The Bertz CT molecular complexity index is 269. The van der Waals surface area contributed by atoms with Crippen LogP contribution in [0.4, 0.5) is 0 Å². The van der Waals surface area contributed by atoms with Crippen molar-refractivity contribution < 1.29 is 0 Å². The summed E-state index contributed by atoms with van der Waals surface area (Å²) in [5.41, 5.74) is 0.878. The van der Waals surface area contributed by atoms with Crippen molar-refractivity contribution in [1.82, 2.24) is 0 Å². The lowest BCUT2D eigenvalue weighted by Crippen LogP contribution is -1.91. The molecule has 0 nitrogen and oxygen atoms in total. The van der Waals surface area contributed by atoms with Gasteiger partial charge in [0.2, 0.25) is 0 Å². The average molecular weight is 223 g/mol. The molecule has 1 aromatic rings. The van der Waals surface area contributed by atoms with E-state index in [1.54, 1.807) is 12.1 Å². The van der Waals surface area contributed by atoms with E-state index in [1.165, 1.54) is 0 Å². The molecule has 0 N–H and O–H groups in total. The second-order valence-electron chi connectivity index (χ2n) is 2.74. The fourth-order valence-electron chi connectivity index (χ4n) is 1.02. The number of benzene rings is 1. The first-order chi connectivity index (χ1) is 5.52. The van der Waals surface area contributed by atoms with Gasteiger partial charge in [0.25, 0.3) is 0 Å². The summed E-state index contributed by atoms with van der Waals surface area (Å²) in [6, 6.07) is 3.38. The quantitative estimate of drug-likeness (QED) is 0.651. The smallest absolute Gasteiger partial charge is 0.0473 e. The lowest BCUT2D eigenvalue weighted by Gasteiger charge is -2.09. The van der Waals surface area contributed by atoms with Crippen LogP contribution in [-0.2, 0) is 0 Å². The van der Waals surface area contributed by atoms with E-state index in [4.69, 9.17) is 34.8 Å². The number of hydrogen-bond donors (Lipinski definition) is 0. The van der Waals surface area contributed by atoms with E-state index in [9.17, 15) is 0 Å². The highest BCUT2D eigenvalue weighted by Crippen LogP contribution is 2.33. The minimum atomic E-state index is 0.565. The van der Waals surface area contributed by atoms with Gasteiger partial charge in [0, 0.05) is 21.0 Å². The van der Waals surface area contributed by atoms with Gasteiger partial charge in [-0.2, -0.15) is 0 Å². The molecule has 1 aromatic carbocycles. The summed E-state index contributed by atoms with van der Waals surface area (Å²) in [5, 5.41) is 1.77. The summed E-state index contributed by atoms with van der Waals surface area (Å²) < 4.78 is 0. The molecule has 12 heavy (non-hydrogen) atoms. The third-order valence-corrected chi connectivity index (χ3v) is 2.32. The molecule has 1 rings (SSSR count). The molecule has 0 amide bonds. The van der Waals surface area contributed by atoms with Gasteiger partial charge in [-0.15, -0.1) is 0 Å². The van der Waals surface area contributed by atoms with Crippen LogP contribution in [0, 0.1) is 5.92 Å². The molecule has 65 valence electrons. The van der Waals surface area contributed by atoms with Gasteiger partial charge in [-0.25, -0.2) is 0 Å². The van der Waals surface area contributed by atoms with Crippen LogP contribution >= 0.6 is 34.8 Å². The van der Waals surface area contributed by atoms with Gasteiger partial charge in [0.1, 0.15) is 0 Å².